The first-order valence-electron chi connectivity index (χ1n) is 6.56. The first kappa shape index (κ1) is 13.6. The average Bonchev–Trinajstić information content (AvgIpc) is 2.34. The van der Waals surface area contributed by atoms with Crippen molar-refractivity contribution in [2.45, 2.75) is 44.0 Å². The van der Waals surface area contributed by atoms with Crippen molar-refractivity contribution in [1.82, 2.24) is 4.72 Å². The minimum atomic E-state index is -3.36. The highest BCUT2D eigenvalue weighted by molar-refractivity contribution is 7.89. The van der Waals surface area contributed by atoms with Gasteiger partial charge in [-0.25, -0.2) is 13.1 Å². The van der Waals surface area contributed by atoms with Gasteiger partial charge in [-0.15, -0.1) is 0 Å². The fraction of sp³-hybridized carbons (Fsp3) is 0.571. The Labute approximate surface area is 110 Å². The normalized spacial score (nSPS) is 29.1. The maximum absolute atomic E-state index is 12.2. The summed E-state index contributed by atoms with van der Waals surface area (Å²) in [7, 11) is -3.36. The Morgan fingerprint density at radius 3 is 2.39 bits per heavy atom. The number of hydrogen-bond acceptors (Lipinski definition) is 2. The van der Waals surface area contributed by atoms with Gasteiger partial charge in [-0.2, -0.15) is 0 Å². The lowest BCUT2D eigenvalue weighted by Crippen LogP contribution is -2.42. The molecule has 4 heteroatoms. The fourth-order valence-corrected chi connectivity index (χ4v) is 4.11. The van der Waals surface area contributed by atoms with E-state index in [1.807, 2.05) is 6.07 Å². The second-order valence-corrected chi connectivity index (χ2v) is 7.15. The Hall–Kier alpha value is -0.870. The van der Waals surface area contributed by atoms with Gasteiger partial charge in [0.2, 0.25) is 10.0 Å². The van der Waals surface area contributed by atoms with Crippen molar-refractivity contribution in [3.05, 3.63) is 30.3 Å². The van der Waals surface area contributed by atoms with Gasteiger partial charge in [0.1, 0.15) is 0 Å². The van der Waals surface area contributed by atoms with E-state index in [1.54, 1.807) is 24.3 Å². The van der Waals surface area contributed by atoms with Crippen molar-refractivity contribution in [3.63, 3.8) is 0 Å². The van der Waals surface area contributed by atoms with Gasteiger partial charge in [0.25, 0.3) is 0 Å². The third kappa shape index (κ3) is 3.12. The van der Waals surface area contributed by atoms with Crippen molar-refractivity contribution < 1.29 is 8.42 Å². The number of sulfonamides is 1. The van der Waals surface area contributed by atoms with Crippen molar-refractivity contribution in [3.8, 4) is 0 Å². The molecule has 1 aliphatic rings. The summed E-state index contributed by atoms with van der Waals surface area (Å²) in [4.78, 5) is 0.357. The summed E-state index contributed by atoms with van der Waals surface area (Å²) in [6.07, 6.45) is 3.14. The predicted molar refractivity (Wildman–Crippen MR) is 72.7 cm³/mol. The van der Waals surface area contributed by atoms with E-state index in [4.69, 9.17) is 0 Å². The van der Waals surface area contributed by atoms with Gasteiger partial charge in [0, 0.05) is 6.04 Å². The molecule has 18 heavy (non-hydrogen) atoms. The van der Waals surface area contributed by atoms with Crippen LogP contribution >= 0.6 is 0 Å². The Bertz CT molecular complexity index is 484. The monoisotopic (exact) mass is 267 g/mol. The first-order chi connectivity index (χ1) is 8.49. The van der Waals surface area contributed by atoms with Gasteiger partial charge in [0.15, 0.2) is 0 Å². The zero-order valence-corrected chi connectivity index (χ0v) is 11.8. The molecule has 0 heterocycles. The van der Waals surface area contributed by atoms with Crippen LogP contribution in [0.1, 0.15) is 33.1 Å². The van der Waals surface area contributed by atoms with Crippen LogP contribution in [0.5, 0.6) is 0 Å². The maximum atomic E-state index is 12.2. The highest BCUT2D eigenvalue weighted by Crippen LogP contribution is 2.29. The van der Waals surface area contributed by atoms with Crippen LogP contribution in [0, 0.1) is 11.8 Å². The minimum absolute atomic E-state index is 0.0754. The molecule has 3 unspecified atom stereocenters. The van der Waals surface area contributed by atoms with Gasteiger partial charge in [-0.05, 0) is 43.2 Å². The largest absolute Gasteiger partial charge is 0.240 e. The Balaban J connectivity index is 2.09. The van der Waals surface area contributed by atoms with Crippen LogP contribution in [0.2, 0.25) is 0 Å². The molecule has 1 fully saturated rings. The van der Waals surface area contributed by atoms with Gasteiger partial charge < -0.3 is 0 Å². The molecule has 0 radical (unpaired) electrons. The van der Waals surface area contributed by atoms with E-state index in [-0.39, 0.29) is 6.04 Å². The topological polar surface area (TPSA) is 46.2 Å². The van der Waals surface area contributed by atoms with Crippen molar-refractivity contribution in [2.24, 2.45) is 11.8 Å². The predicted octanol–water partition coefficient (Wildman–Crippen LogP) is 2.79. The molecule has 3 atom stereocenters. The highest BCUT2D eigenvalue weighted by Gasteiger charge is 2.29. The van der Waals surface area contributed by atoms with Crippen LogP contribution in [-0.2, 0) is 10.0 Å². The van der Waals surface area contributed by atoms with Gasteiger partial charge in [-0.3, -0.25) is 0 Å². The van der Waals surface area contributed by atoms with E-state index in [0.29, 0.717) is 16.7 Å². The van der Waals surface area contributed by atoms with Crippen LogP contribution in [0.4, 0.5) is 0 Å². The third-order valence-electron chi connectivity index (χ3n) is 3.79. The Morgan fingerprint density at radius 2 is 1.78 bits per heavy atom. The molecule has 2 rings (SSSR count). The van der Waals surface area contributed by atoms with Crippen molar-refractivity contribution in [2.75, 3.05) is 0 Å². The SMILES string of the molecule is CC1CCC(NS(=O)(=O)c2ccccc2)C(C)C1. The summed E-state index contributed by atoms with van der Waals surface area (Å²) in [5, 5.41) is 0. The molecular formula is C14H21NO2S. The van der Waals surface area contributed by atoms with E-state index in [9.17, 15) is 8.42 Å². The lowest BCUT2D eigenvalue weighted by molar-refractivity contribution is 0.249. The second kappa shape index (κ2) is 5.41. The molecule has 0 aromatic heterocycles. The summed E-state index contributed by atoms with van der Waals surface area (Å²) in [5.74, 6) is 1.12. The average molecular weight is 267 g/mol. The summed E-state index contributed by atoms with van der Waals surface area (Å²) in [5.41, 5.74) is 0. The molecule has 1 N–H and O–H groups in total. The molecule has 1 aromatic carbocycles. The zero-order chi connectivity index (χ0) is 13.2. The molecule has 1 aromatic rings. The van der Waals surface area contributed by atoms with Crippen LogP contribution in [0.3, 0.4) is 0 Å². The summed E-state index contributed by atoms with van der Waals surface area (Å²) < 4.78 is 27.3. The van der Waals surface area contributed by atoms with Crippen molar-refractivity contribution >= 4 is 10.0 Å². The lowest BCUT2D eigenvalue weighted by atomic mass is 9.80. The second-order valence-electron chi connectivity index (χ2n) is 5.44. The number of benzene rings is 1. The first-order valence-corrected chi connectivity index (χ1v) is 8.05. The summed E-state index contributed by atoms with van der Waals surface area (Å²) >= 11 is 0. The van der Waals surface area contributed by atoms with Gasteiger partial charge >= 0.3 is 0 Å². The molecule has 0 amide bonds. The smallest absolute Gasteiger partial charge is 0.208 e. The zero-order valence-electron chi connectivity index (χ0n) is 11.0. The van der Waals surface area contributed by atoms with E-state index in [2.05, 4.69) is 18.6 Å². The van der Waals surface area contributed by atoms with Crippen molar-refractivity contribution in [1.29, 1.82) is 0 Å². The van der Waals surface area contributed by atoms with E-state index in [0.717, 1.165) is 19.3 Å². The van der Waals surface area contributed by atoms with Gasteiger partial charge in [-0.1, -0.05) is 32.0 Å². The summed E-state index contributed by atoms with van der Waals surface area (Å²) in [6, 6.07) is 8.68. The van der Waals surface area contributed by atoms with Crippen LogP contribution < -0.4 is 4.72 Å². The molecular weight excluding hydrogens is 246 g/mol. The molecule has 0 aliphatic heterocycles. The minimum Gasteiger partial charge on any atom is -0.208 e. The fourth-order valence-electron chi connectivity index (χ4n) is 2.71. The maximum Gasteiger partial charge on any atom is 0.240 e. The number of nitrogens with one attached hydrogen (secondary N) is 1. The molecule has 3 nitrogen and oxygen atoms in total. The van der Waals surface area contributed by atoms with E-state index >= 15 is 0 Å². The van der Waals surface area contributed by atoms with Crippen LogP contribution in [0.15, 0.2) is 35.2 Å². The molecule has 100 valence electrons. The summed E-state index contributed by atoms with van der Waals surface area (Å²) in [6.45, 7) is 4.37. The lowest BCUT2D eigenvalue weighted by Gasteiger charge is -2.32. The standard InChI is InChI=1S/C14H21NO2S/c1-11-8-9-14(12(2)10-11)15-18(16,17)13-6-4-3-5-7-13/h3-7,11-12,14-15H,8-10H2,1-2H3. The Morgan fingerprint density at radius 1 is 1.11 bits per heavy atom. The molecule has 0 bridgehead atoms. The number of hydrogen-bond donors (Lipinski definition) is 1. The molecule has 0 spiro atoms. The Kier molecular flexibility index (Phi) is 4.07. The molecule has 0 saturated heterocycles. The number of rotatable bonds is 3. The molecule has 1 aliphatic carbocycles. The van der Waals surface area contributed by atoms with E-state index < -0.39 is 10.0 Å². The van der Waals surface area contributed by atoms with E-state index in [1.165, 1.54) is 0 Å². The third-order valence-corrected chi connectivity index (χ3v) is 5.30. The quantitative estimate of drug-likeness (QED) is 0.915. The van der Waals surface area contributed by atoms with Gasteiger partial charge in [0.05, 0.1) is 4.90 Å². The van der Waals surface area contributed by atoms with Crippen LogP contribution in [-0.4, -0.2) is 14.5 Å². The highest BCUT2D eigenvalue weighted by atomic mass is 32.2. The molecule has 1 saturated carbocycles. The van der Waals surface area contributed by atoms with Crippen LogP contribution in [0.25, 0.3) is 0 Å².